The summed E-state index contributed by atoms with van der Waals surface area (Å²) in [5.74, 6) is 0. The molecule has 0 aromatic carbocycles. The zero-order valence-corrected chi connectivity index (χ0v) is 10.5. The number of nitrogens with zero attached hydrogens (tertiary/aromatic N) is 3. The van der Waals surface area contributed by atoms with E-state index in [1.807, 2.05) is 16.2 Å². The van der Waals surface area contributed by atoms with Gasteiger partial charge in [0, 0.05) is 36.5 Å². The van der Waals surface area contributed by atoms with Gasteiger partial charge in [-0.25, -0.2) is 9.97 Å². The molecule has 2 aromatic rings. The standard InChI is InChI=1S/C6H2Cl2IN3S/c7-5-4-3(10-6(8)11-5)1-2-12(4)13-9/h1-2H. The fourth-order valence-electron chi connectivity index (χ4n) is 1.01. The monoisotopic (exact) mass is 345 g/mol. The van der Waals surface area contributed by atoms with Gasteiger partial charge in [0.2, 0.25) is 5.28 Å². The van der Waals surface area contributed by atoms with Crippen molar-refractivity contribution in [2.75, 3.05) is 0 Å². The molecule has 0 bridgehead atoms. The lowest BCUT2D eigenvalue weighted by atomic mass is 10.5. The van der Waals surface area contributed by atoms with E-state index in [-0.39, 0.29) is 5.28 Å². The molecular formula is C6H2Cl2IN3S. The smallest absolute Gasteiger partial charge is 0.224 e. The third kappa shape index (κ3) is 1.74. The molecule has 0 amide bonds. The minimum Gasteiger partial charge on any atom is -0.278 e. The highest BCUT2D eigenvalue weighted by Crippen LogP contribution is 2.28. The molecule has 2 rings (SSSR count). The van der Waals surface area contributed by atoms with Gasteiger partial charge in [-0.3, -0.25) is 3.97 Å². The van der Waals surface area contributed by atoms with Gasteiger partial charge in [0.1, 0.15) is 5.52 Å². The van der Waals surface area contributed by atoms with Gasteiger partial charge in [-0.1, -0.05) is 11.6 Å². The summed E-state index contributed by atoms with van der Waals surface area (Å²) in [6.07, 6.45) is 1.87. The third-order valence-corrected chi connectivity index (χ3v) is 3.66. The number of halogens is 3. The van der Waals surface area contributed by atoms with Gasteiger partial charge in [0.05, 0.1) is 5.52 Å². The Hall–Kier alpha value is 0.280. The van der Waals surface area contributed by atoms with E-state index in [2.05, 4.69) is 31.2 Å². The van der Waals surface area contributed by atoms with Crippen molar-refractivity contribution in [1.29, 1.82) is 0 Å². The lowest BCUT2D eigenvalue weighted by Gasteiger charge is -1.99. The quantitative estimate of drug-likeness (QED) is 0.449. The van der Waals surface area contributed by atoms with E-state index in [4.69, 9.17) is 23.2 Å². The molecule has 0 radical (unpaired) electrons. The van der Waals surface area contributed by atoms with Crippen molar-refractivity contribution in [3.63, 3.8) is 0 Å². The summed E-state index contributed by atoms with van der Waals surface area (Å²) < 4.78 is 1.88. The van der Waals surface area contributed by atoms with E-state index < -0.39 is 0 Å². The Balaban J connectivity index is 2.82. The fourth-order valence-corrected chi connectivity index (χ4v) is 2.88. The first-order valence-corrected chi connectivity index (χ1v) is 7.29. The molecule has 0 saturated heterocycles. The first-order valence-electron chi connectivity index (χ1n) is 3.21. The number of rotatable bonds is 1. The van der Waals surface area contributed by atoms with E-state index in [0.717, 1.165) is 11.0 Å². The molecule has 0 aliphatic heterocycles. The van der Waals surface area contributed by atoms with Crippen molar-refractivity contribution in [3.05, 3.63) is 22.7 Å². The number of aromatic nitrogens is 3. The molecule has 13 heavy (non-hydrogen) atoms. The van der Waals surface area contributed by atoms with Crippen LogP contribution in [0.25, 0.3) is 11.0 Å². The lowest BCUT2D eigenvalue weighted by Crippen LogP contribution is -1.87. The van der Waals surface area contributed by atoms with Crippen LogP contribution in [0.5, 0.6) is 0 Å². The number of hydrogen-bond donors (Lipinski definition) is 0. The van der Waals surface area contributed by atoms with E-state index in [1.165, 1.54) is 9.12 Å². The topological polar surface area (TPSA) is 30.7 Å². The molecule has 0 aliphatic carbocycles. The Labute approximate surface area is 101 Å². The van der Waals surface area contributed by atoms with Crippen LogP contribution in [0.15, 0.2) is 12.3 Å². The van der Waals surface area contributed by atoms with Crippen LogP contribution in [-0.4, -0.2) is 13.9 Å². The third-order valence-electron chi connectivity index (χ3n) is 1.50. The zero-order valence-electron chi connectivity index (χ0n) is 6.04. The molecule has 0 unspecified atom stereocenters. The van der Waals surface area contributed by atoms with Gasteiger partial charge in [-0.15, -0.1) is 0 Å². The van der Waals surface area contributed by atoms with Gasteiger partial charge >= 0.3 is 0 Å². The van der Waals surface area contributed by atoms with E-state index in [0.29, 0.717) is 5.15 Å². The van der Waals surface area contributed by atoms with Crippen LogP contribution in [-0.2, 0) is 0 Å². The van der Waals surface area contributed by atoms with Crippen molar-refractivity contribution < 1.29 is 0 Å². The van der Waals surface area contributed by atoms with Crippen LogP contribution in [0, 0.1) is 0 Å². The van der Waals surface area contributed by atoms with Crippen LogP contribution >= 0.6 is 53.5 Å². The number of fused-ring (bicyclic) bond motifs is 1. The molecule has 0 N–H and O–H groups in total. The summed E-state index contributed by atoms with van der Waals surface area (Å²) in [4.78, 5) is 7.90. The lowest BCUT2D eigenvalue weighted by molar-refractivity contribution is 1.21. The Morgan fingerprint density at radius 2 is 2.15 bits per heavy atom. The van der Waals surface area contributed by atoms with Crippen molar-refractivity contribution in [2.45, 2.75) is 0 Å². The SMILES string of the molecule is Clc1nc(Cl)c2c(ccn2SI)n1. The Morgan fingerprint density at radius 1 is 1.38 bits per heavy atom. The van der Waals surface area contributed by atoms with Crippen LogP contribution in [0.1, 0.15) is 0 Å². The highest BCUT2D eigenvalue weighted by atomic mass is 127. The van der Waals surface area contributed by atoms with Gasteiger partial charge in [-0.2, -0.15) is 0 Å². The van der Waals surface area contributed by atoms with Gasteiger partial charge in [0.25, 0.3) is 0 Å². The largest absolute Gasteiger partial charge is 0.278 e. The van der Waals surface area contributed by atoms with E-state index in [1.54, 1.807) is 0 Å². The average Bonchev–Trinajstić information content (AvgIpc) is 2.47. The molecule has 68 valence electrons. The second-order valence-corrected chi connectivity index (χ2v) is 4.64. The highest BCUT2D eigenvalue weighted by molar-refractivity contribution is 14.2. The summed E-state index contributed by atoms with van der Waals surface area (Å²) in [6.45, 7) is 0. The van der Waals surface area contributed by atoms with Crippen LogP contribution in [0.4, 0.5) is 0 Å². The highest BCUT2D eigenvalue weighted by Gasteiger charge is 2.09. The van der Waals surface area contributed by atoms with E-state index >= 15 is 0 Å². The zero-order chi connectivity index (χ0) is 9.42. The Kier molecular flexibility index (Phi) is 2.87. The van der Waals surface area contributed by atoms with Gasteiger partial charge in [-0.05, 0) is 17.7 Å². The molecular weight excluding hydrogens is 344 g/mol. The Bertz CT molecular complexity index is 458. The molecule has 0 atom stereocenters. The maximum atomic E-state index is 5.91. The van der Waals surface area contributed by atoms with Crippen molar-refractivity contribution in [3.8, 4) is 0 Å². The molecule has 0 aliphatic rings. The minimum absolute atomic E-state index is 0.175. The summed E-state index contributed by atoms with van der Waals surface area (Å²) in [5, 5.41) is 0.554. The molecule has 2 heterocycles. The first-order chi connectivity index (χ1) is 6.22. The van der Waals surface area contributed by atoms with Crippen LogP contribution in [0.3, 0.4) is 0 Å². The van der Waals surface area contributed by atoms with E-state index in [9.17, 15) is 0 Å². The first kappa shape index (κ1) is 9.82. The van der Waals surface area contributed by atoms with Crippen molar-refractivity contribution in [1.82, 2.24) is 13.9 Å². The summed E-state index contributed by atoms with van der Waals surface area (Å²) >= 11 is 13.7. The molecule has 7 heteroatoms. The van der Waals surface area contributed by atoms with Crippen LogP contribution in [0.2, 0.25) is 10.4 Å². The molecule has 0 saturated carbocycles. The summed E-state index contributed by atoms with van der Waals surface area (Å²) in [7, 11) is 1.50. The second kappa shape index (κ2) is 3.80. The van der Waals surface area contributed by atoms with Gasteiger partial charge < -0.3 is 0 Å². The molecule has 3 nitrogen and oxygen atoms in total. The van der Waals surface area contributed by atoms with Crippen LogP contribution < -0.4 is 0 Å². The van der Waals surface area contributed by atoms with Crippen molar-refractivity contribution >= 4 is 64.6 Å². The second-order valence-electron chi connectivity index (χ2n) is 2.23. The predicted octanol–water partition coefficient (Wildman–Crippen LogP) is 3.58. The maximum Gasteiger partial charge on any atom is 0.224 e. The Morgan fingerprint density at radius 3 is 2.85 bits per heavy atom. The number of hydrogen-bond acceptors (Lipinski definition) is 3. The normalized spacial score (nSPS) is 11.0. The molecule has 2 aromatic heterocycles. The molecule has 0 fully saturated rings. The average molecular weight is 346 g/mol. The minimum atomic E-state index is 0.175. The van der Waals surface area contributed by atoms with Gasteiger partial charge in [0.15, 0.2) is 5.15 Å². The maximum absolute atomic E-state index is 5.91. The summed E-state index contributed by atoms with van der Waals surface area (Å²) in [5.41, 5.74) is 1.56. The molecule has 0 spiro atoms. The van der Waals surface area contributed by atoms with Crippen molar-refractivity contribution in [2.24, 2.45) is 0 Å². The predicted molar refractivity (Wildman–Crippen MR) is 64.6 cm³/mol. The fraction of sp³-hybridized carbons (Fsp3) is 0. The summed E-state index contributed by atoms with van der Waals surface area (Å²) in [6, 6.07) is 1.85.